The van der Waals surface area contributed by atoms with Crippen LogP contribution in [0.25, 0.3) is 0 Å². The molecular formula is C11H12NO. The van der Waals surface area contributed by atoms with E-state index in [9.17, 15) is 0 Å². The highest BCUT2D eigenvalue weighted by molar-refractivity contribution is 5.49. The normalized spacial score (nSPS) is 9.31. The number of nitriles is 1. The summed E-state index contributed by atoms with van der Waals surface area (Å²) < 4.78 is 5.40. The Labute approximate surface area is 78.8 Å². The first-order valence-corrected chi connectivity index (χ1v) is 4.27. The molecule has 1 radical (unpaired) electrons. The maximum atomic E-state index is 8.83. The van der Waals surface area contributed by atoms with E-state index in [1.165, 1.54) is 0 Å². The zero-order chi connectivity index (χ0) is 9.68. The Morgan fingerprint density at radius 2 is 2.31 bits per heavy atom. The molecule has 0 unspecified atom stereocenters. The van der Waals surface area contributed by atoms with Crippen LogP contribution >= 0.6 is 0 Å². The molecule has 0 aliphatic heterocycles. The molecule has 0 N–H and O–H groups in total. The molecule has 0 saturated carbocycles. The maximum Gasteiger partial charge on any atom is 0.137 e. The molecule has 0 aliphatic rings. The fourth-order valence-electron chi connectivity index (χ4n) is 1.04. The van der Waals surface area contributed by atoms with E-state index in [0.29, 0.717) is 17.9 Å². The van der Waals surface area contributed by atoms with Crippen molar-refractivity contribution >= 4 is 0 Å². The van der Waals surface area contributed by atoms with E-state index in [1.54, 1.807) is 12.1 Å². The molecule has 0 bridgehead atoms. The summed E-state index contributed by atoms with van der Waals surface area (Å²) in [5.41, 5.74) is 1.26. The molecule has 0 saturated heterocycles. The van der Waals surface area contributed by atoms with E-state index >= 15 is 0 Å². The number of rotatable bonds is 3. The molecule has 0 fully saturated rings. The quantitative estimate of drug-likeness (QED) is 0.705. The van der Waals surface area contributed by atoms with Crippen molar-refractivity contribution < 1.29 is 4.74 Å². The van der Waals surface area contributed by atoms with Crippen molar-refractivity contribution in [2.24, 2.45) is 0 Å². The second-order valence-electron chi connectivity index (χ2n) is 2.75. The van der Waals surface area contributed by atoms with Crippen LogP contribution in [0.2, 0.25) is 0 Å². The van der Waals surface area contributed by atoms with Crippen molar-refractivity contribution in [2.45, 2.75) is 13.3 Å². The molecule has 1 rings (SSSR count). The van der Waals surface area contributed by atoms with Crippen molar-refractivity contribution in [3.05, 3.63) is 36.2 Å². The standard InChI is InChI=1S/C11H12NO/c1-3-7-13-11-6-4-5-9(2)10(11)8-12/h4-6H,2-3,7H2,1H3. The maximum absolute atomic E-state index is 8.83. The highest BCUT2D eigenvalue weighted by atomic mass is 16.5. The summed E-state index contributed by atoms with van der Waals surface area (Å²) in [6, 6.07) is 7.52. The summed E-state index contributed by atoms with van der Waals surface area (Å²) >= 11 is 0. The summed E-state index contributed by atoms with van der Waals surface area (Å²) in [6.45, 7) is 6.42. The fourth-order valence-corrected chi connectivity index (χ4v) is 1.04. The third-order valence-corrected chi connectivity index (χ3v) is 1.69. The Morgan fingerprint density at radius 1 is 1.54 bits per heavy atom. The van der Waals surface area contributed by atoms with Gasteiger partial charge in [0.15, 0.2) is 0 Å². The number of benzene rings is 1. The first-order chi connectivity index (χ1) is 6.29. The Hall–Kier alpha value is -1.49. The Kier molecular flexibility index (Phi) is 3.33. The van der Waals surface area contributed by atoms with Gasteiger partial charge in [-0.15, -0.1) is 0 Å². The van der Waals surface area contributed by atoms with E-state index < -0.39 is 0 Å². The van der Waals surface area contributed by atoms with E-state index in [2.05, 4.69) is 13.0 Å². The minimum absolute atomic E-state index is 0.538. The van der Waals surface area contributed by atoms with E-state index in [4.69, 9.17) is 10.00 Å². The van der Waals surface area contributed by atoms with E-state index in [-0.39, 0.29) is 0 Å². The van der Waals surface area contributed by atoms with Crippen LogP contribution in [0.5, 0.6) is 5.75 Å². The summed E-state index contributed by atoms with van der Waals surface area (Å²) in [4.78, 5) is 0. The lowest BCUT2D eigenvalue weighted by molar-refractivity contribution is 0.316. The lowest BCUT2D eigenvalue weighted by atomic mass is 10.1. The lowest BCUT2D eigenvalue weighted by Crippen LogP contribution is -1.98. The number of hydrogen-bond donors (Lipinski definition) is 0. The monoisotopic (exact) mass is 174 g/mol. The van der Waals surface area contributed by atoms with Crippen molar-refractivity contribution in [1.29, 1.82) is 5.26 Å². The van der Waals surface area contributed by atoms with Gasteiger partial charge in [-0.2, -0.15) is 5.26 Å². The first-order valence-electron chi connectivity index (χ1n) is 4.27. The van der Waals surface area contributed by atoms with Crippen LogP contribution in [0.1, 0.15) is 24.5 Å². The van der Waals surface area contributed by atoms with Gasteiger partial charge in [-0.1, -0.05) is 19.1 Å². The summed E-state index contributed by atoms with van der Waals surface area (Å²) in [5.74, 6) is 0.636. The highest BCUT2D eigenvalue weighted by Gasteiger charge is 2.04. The van der Waals surface area contributed by atoms with E-state index in [1.807, 2.05) is 13.0 Å². The van der Waals surface area contributed by atoms with Crippen LogP contribution < -0.4 is 4.74 Å². The summed E-state index contributed by atoms with van der Waals surface area (Å²) in [7, 11) is 0. The zero-order valence-electron chi connectivity index (χ0n) is 7.71. The average Bonchev–Trinajstić information content (AvgIpc) is 2.15. The van der Waals surface area contributed by atoms with Gasteiger partial charge in [0.1, 0.15) is 11.8 Å². The van der Waals surface area contributed by atoms with Crippen molar-refractivity contribution in [2.75, 3.05) is 6.61 Å². The molecule has 13 heavy (non-hydrogen) atoms. The molecule has 0 spiro atoms. The van der Waals surface area contributed by atoms with Gasteiger partial charge >= 0.3 is 0 Å². The Morgan fingerprint density at radius 3 is 2.92 bits per heavy atom. The molecule has 0 atom stereocenters. The first kappa shape index (κ1) is 9.60. The number of nitrogens with zero attached hydrogens (tertiary/aromatic N) is 1. The van der Waals surface area contributed by atoms with E-state index in [0.717, 1.165) is 12.0 Å². The predicted octanol–water partition coefficient (Wildman–Crippen LogP) is 2.53. The van der Waals surface area contributed by atoms with Gasteiger partial charge in [0.25, 0.3) is 0 Å². The van der Waals surface area contributed by atoms with Crippen molar-refractivity contribution in [3.8, 4) is 11.8 Å². The van der Waals surface area contributed by atoms with Gasteiger partial charge in [-0.3, -0.25) is 0 Å². The molecular weight excluding hydrogens is 162 g/mol. The topological polar surface area (TPSA) is 33.0 Å². The molecule has 67 valence electrons. The minimum atomic E-state index is 0.538. The largest absolute Gasteiger partial charge is 0.492 e. The van der Waals surface area contributed by atoms with Gasteiger partial charge in [-0.05, 0) is 25.0 Å². The van der Waals surface area contributed by atoms with Crippen LogP contribution in [0.15, 0.2) is 18.2 Å². The second kappa shape index (κ2) is 4.51. The Bertz CT molecular complexity index is 325. The zero-order valence-corrected chi connectivity index (χ0v) is 7.71. The van der Waals surface area contributed by atoms with Crippen LogP contribution in [0.4, 0.5) is 0 Å². The number of hydrogen-bond acceptors (Lipinski definition) is 2. The van der Waals surface area contributed by atoms with Gasteiger partial charge in [0.05, 0.1) is 12.2 Å². The smallest absolute Gasteiger partial charge is 0.137 e. The van der Waals surface area contributed by atoms with Crippen LogP contribution in [-0.2, 0) is 0 Å². The molecule has 2 heteroatoms. The van der Waals surface area contributed by atoms with Crippen LogP contribution in [0, 0.1) is 18.3 Å². The molecule has 0 aliphatic carbocycles. The lowest BCUT2D eigenvalue weighted by Gasteiger charge is -2.07. The summed E-state index contributed by atoms with van der Waals surface area (Å²) in [5, 5.41) is 8.83. The van der Waals surface area contributed by atoms with Gasteiger partial charge in [0, 0.05) is 0 Å². The van der Waals surface area contributed by atoms with Crippen molar-refractivity contribution in [3.63, 3.8) is 0 Å². The highest BCUT2D eigenvalue weighted by Crippen LogP contribution is 2.20. The van der Waals surface area contributed by atoms with Gasteiger partial charge in [-0.25, -0.2) is 0 Å². The van der Waals surface area contributed by atoms with Gasteiger partial charge < -0.3 is 4.74 Å². The fraction of sp³-hybridized carbons (Fsp3) is 0.273. The molecule has 2 nitrogen and oxygen atoms in total. The van der Waals surface area contributed by atoms with Crippen molar-refractivity contribution in [1.82, 2.24) is 0 Å². The van der Waals surface area contributed by atoms with Gasteiger partial charge in [0.2, 0.25) is 0 Å². The average molecular weight is 174 g/mol. The molecule has 1 aromatic rings. The molecule has 0 heterocycles. The number of ether oxygens (including phenoxy) is 1. The molecule has 0 aromatic heterocycles. The third kappa shape index (κ3) is 2.22. The molecule has 0 amide bonds. The molecule has 1 aromatic carbocycles. The van der Waals surface area contributed by atoms with Crippen LogP contribution in [-0.4, -0.2) is 6.61 Å². The SMILES string of the molecule is [CH2]c1cccc(OCCC)c1C#N. The second-order valence-corrected chi connectivity index (χ2v) is 2.75. The summed E-state index contributed by atoms with van der Waals surface area (Å²) in [6.07, 6.45) is 0.937. The minimum Gasteiger partial charge on any atom is -0.492 e. The predicted molar refractivity (Wildman–Crippen MR) is 51.4 cm³/mol. The van der Waals surface area contributed by atoms with Crippen LogP contribution in [0.3, 0.4) is 0 Å². The Balaban J connectivity index is 2.93. The third-order valence-electron chi connectivity index (χ3n) is 1.69.